The number of rotatable bonds is 6. The number of pyridine rings is 1. The first kappa shape index (κ1) is 14.9. The fourth-order valence-electron chi connectivity index (χ4n) is 3.20. The average molecular weight is 300 g/mol. The number of unbranched alkanes of at least 4 members (excludes halogenated alkanes) is 2. The maximum Gasteiger partial charge on any atom is 0.258 e. The highest BCUT2D eigenvalue weighted by molar-refractivity contribution is 6.08. The number of nitrogens with two attached hydrogens (primary N) is 1. The minimum atomic E-state index is 0.0301. The molecule has 2 N–H and O–H groups in total. The van der Waals surface area contributed by atoms with Crippen LogP contribution >= 0.6 is 0 Å². The summed E-state index contributed by atoms with van der Waals surface area (Å²) in [5, 5.41) is 0.905. The molecule has 0 atom stereocenters. The van der Waals surface area contributed by atoms with Crippen LogP contribution in [0, 0.1) is 0 Å². The highest BCUT2D eigenvalue weighted by atomic mass is 16.2. The minimum Gasteiger partial charge on any atom is -0.397 e. The Labute approximate surface area is 131 Å². The van der Waals surface area contributed by atoms with Gasteiger partial charge in [0, 0.05) is 24.7 Å². The van der Waals surface area contributed by atoms with Crippen LogP contribution in [-0.4, -0.2) is 26.9 Å². The van der Waals surface area contributed by atoms with Crippen LogP contribution in [0.15, 0.2) is 12.3 Å². The number of hydrogen-bond acceptors (Lipinski definition) is 3. The molecule has 5 heteroatoms. The van der Waals surface area contributed by atoms with E-state index in [9.17, 15) is 4.79 Å². The Balaban J connectivity index is 1.98. The van der Waals surface area contributed by atoms with Crippen molar-refractivity contribution >= 4 is 22.6 Å². The molecule has 0 bridgehead atoms. The van der Waals surface area contributed by atoms with E-state index in [1.54, 1.807) is 0 Å². The van der Waals surface area contributed by atoms with Gasteiger partial charge < -0.3 is 15.2 Å². The van der Waals surface area contributed by atoms with Gasteiger partial charge in [-0.15, -0.1) is 0 Å². The quantitative estimate of drug-likeness (QED) is 0.833. The number of aromatic nitrogens is 2. The summed E-state index contributed by atoms with van der Waals surface area (Å²) in [7, 11) is 0. The average Bonchev–Trinajstić information content (AvgIpc) is 3.03. The smallest absolute Gasteiger partial charge is 0.258 e. The van der Waals surface area contributed by atoms with E-state index in [2.05, 4.69) is 18.4 Å². The first-order valence-corrected chi connectivity index (χ1v) is 8.23. The van der Waals surface area contributed by atoms with Crippen molar-refractivity contribution in [3.8, 4) is 0 Å². The van der Waals surface area contributed by atoms with Gasteiger partial charge in [0.15, 0.2) is 0 Å². The van der Waals surface area contributed by atoms with Gasteiger partial charge in [-0.25, -0.2) is 4.98 Å². The van der Waals surface area contributed by atoms with E-state index >= 15 is 0 Å². The molecule has 2 aromatic rings. The largest absolute Gasteiger partial charge is 0.397 e. The Bertz CT molecular complexity index is 704. The fraction of sp³-hybridized carbons (Fsp3) is 0.529. The van der Waals surface area contributed by atoms with Gasteiger partial charge in [-0.05, 0) is 18.9 Å². The number of fused-ring (bicyclic) bond motifs is 2. The molecule has 0 saturated heterocycles. The number of hydrogen-bond donors (Lipinski definition) is 1. The zero-order valence-electron chi connectivity index (χ0n) is 13.4. The second-order valence-electron chi connectivity index (χ2n) is 6.03. The molecule has 118 valence electrons. The van der Waals surface area contributed by atoms with Gasteiger partial charge in [0.1, 0.15) is 5.65 Å². The van der Waals surface area contributed by atoms with Crippen LogP contribution in [-0.2, 0) is 13.1 Å². The highest BCUT2D eigenvalue weighted by Gasteiger charge is 2.31. The number of amides is 1. The summed E-state index contributed by atoms with van der Waals surface area (Å²) in [6.07, 6.45) is 6.53. The van der Waals surface area contributed by atoms with Gasteiger partial charge in [0.2, 0.25) is 0 Å². The van der Waals surface area contributed by atoms with Gasteiger partial charge >= 0.3 is 0 Å². The number of nitrogen functional groups attached to an aromatic ring is 1. The Morgan fingerprint density at radius 3 is 2.77 bits per heavy atom. The fourth-order valence-corrected chi connectivity index (χ4v) is 3.20. The lowest BCUT2D eigenvalue weighted by Gasteiger charge is -2.13. The maximum atomic E-state index is 12.5. The van der Waals surface area contributed by atoms with Crippen molar-refractivity contribution in [2.45, 2.75) is 52.6 Å². The predicted molar refractivity (Wildman–Crippen MR) is 88.7 cm³/mol. The van der Waals surface area contributed by atoms with Crippen LogP contribution in [0.4, 0.5) is 5.69 Å². The molecule has 22 heavy (non-hydrogen) atoms. The summed E-state index contributed by atoms with van der Waals surface area (Å²) in [6, 6.07) is 1.99. The van der Waals surface area contributed by atoms with Crippen molar-refractivity contribution in [2.75, 3.05) is 12.3 Å². The first-order valence-electron chi connectivity index (χ1n) is 8.23. The van der Waals surface area contributed by atoms with E-state index in [0.717, 1.165) is 42.7 Å². The molecule has 0 radical (unpaired) electrons. The summed E-state index contributed by atoms with van der Waals surface area (Å²) in [6.45, 7) is 6.57. The van der Waals surface area contributed by atoms with Crippen LogP contribution in [0.1, 0.15) is 55.6 Å². The summed E-state index contributed by atoms with van der Waals surface area (Å²) in [5.74, 6) is 0.0301. The number of aryl methyl sites for hydroxylation is 1. The standard InChI is InChI=1S/C17H24N4O/c1-3-5-6-9-20-10-7-12-15(18)14-13(19-16(12)20)11-21(8-4-2)17(14)22/h7,10H,3-6,8-9,11H2,1-2H3,(H2,18,19). The zero-order chi connectivity index (χ0) is 15.7. The maximum absolute atomic E-state index is 12.5. The van der Waals surface area contributed by atoms with Crippen molar-refractivity contribution in [1.29, 1.82) is 0 Å². The second kappa shape index (κ2) is 5.99. The van der Waals surface area contributed by atoms with Crippen LogP contribution in [0.3, 0.4) is 0 Å². The zero-order valence-corrected chi connectivity index (χ0v) is 13.4. The molecule has 0 aliphatic carbocycles. The van der Waals surface area contributed by atoms with Crippen molar-refractivity contribution in [3.63, 3.8) is 0 Å². The number of anilines is 1. The third kappa shape index (κ3) is 2.34. The monoisotopic (exact) mass is 300 g/mol. The van der Waals surface area contributed by atoms with Crippen LogP contribution in [0.5, 0.6) is 0 Å². The Morgan fingerprint density at radius 2 is 2.05 bits per heavy atom. The molecule has 0 fully saturated rings. The lowest BCUT2D eigenvalue weighted by atomic mass is 10.1. The van der Waals surface area contributed by atoms with Crippen molar-refractivity contribution in [3.05, 3.63) is 23.5 Å². The molecular formula is C17H24N4O. The molecular weight excluding hydrogens is 276 g/mol. The van der Waals surface area contributed by atoms with Gasteiger partial charge in [-0.1, -0.05) is 26.7 Å². The number of nitrogens with zero attached hydrogens (tertiary/aromatic N) is 3. The lowest BCUT2D eigenvalue weighted by Crippen LogP contribution is -2.24. The van der Waals surface area contributed by atoms with Gasteiger partial charge in [0.05, 0.1) is 23.5 Å². The van der Waals surface area contributed by atoms with Gasteiger partial charge in [-0.3, -0.25) is 4.79 Å². The second-order valence-corrected chi connectivity index (χ2v) is 6.03. The summed E-state index contributed by atoms with van der Waals surface area (Å²) in [4.78, 5) is 19.1. The first-order chi connectivity index (χ1) is 10.7. The number of carbonyl (C=O) groups is 1. The normalized spacial score (nSPS) is 14.1. The van der Waals surface area contributed by atoms with E-state index in [1.807, 2.05) is 17.2 Å². The van der Waals surface area contributed by atoms with Crippen LogP contribution < -0.4 is 5.73 Å². The Hall–Kier alpha value is -2.04. The van der Waals surface area contributed by atoms with E-state index in [0.29, 0.717) is 17.8 Å². The molecule has 2 aromatic heterocycles. The number of carbonyl (C=O) groups excluding carboxylic acids is 1. The molecule has 5 nitrogen and oxygen atoms in total. The van der Waals surface area contributed by atoms with E-state index in [-0.39, 0.29) is 5.91 Å². The molecule has 3 rings (SSSR count). The van der Waals surface area contributed by atoms with Crippen molar-refractivity contribution in [2.24, 2.45) is 0 Å². The van der Waals surface area contributed by atoms with Crippen molar-refractivity contribution < 1.29 is 4.79 Å². The molecule has 1 aliphatic heterocycles. The summed E-state index contributed by atoms with van der Waals surface area (Å²) < 4.78 is 2.16. The Morgan fingerprint density at radius 1 is 1.23 bits per heavy atom. The SMILES string of the molecule is CCCCCn1ccc2c(N)c3c(nc21)CN(CCC)C3=O. The molecule has 0 spiro atoms. The van der Waals surface area contributed by atoms with E-state index in [4.69, 9.17) is 10.7 Å². The van der Waals surface area contributed by atoms with Crippen molar-refractivity contribution in [1.82, 2.24) is 14.5 Å². The molecule has 1 amide bonds. The predicted octanol–water partition coefficient (Wildman–Crippen LogP) is 3.17. The molecule has 3 heterocycles. The van der Waals surface area contributed by atoms with Crippen LogP contribution in [0.2, 0.25) is 0 Å². The lowest BCUT2D eigenvalue weighted by molar-refractivity contribution is 0.0779. The molecule has 0 unspecified atom stereocenters. The van der Waals surface area contributed by atoms with Gasteiger partial charge in [-0.2, -0.15) is 0 Å². The van der Waals surface area contributed by atoms with Gasteiger partial charge in [0.25, 0.3) is 5.91 Å². The highest BCUT2D eigenvalue weighted by Crippen LogP contribution is 2.32. The Kier molecular flexibility index (Phi) is 4.05. The summed E-state index contributed by atoms with van der Waals surface area (Å²) in [5.41, 5.74) is 9.25. The summed E-state index contributed by atoms with van der Waals surface area (Å²) >= 11 is 0. The van der Waals surface area contributed by atoms with E-state index < -0.39 is 0 Å². The third-order valence-electron chi connectivity index (χ3n) is 4.36. The molecule has 0 aromatic carbocycles. The topological polar surface area (TPSA) is 64.2 Å². The molecule has 1 aliphatic rings. The third-order valence-corrected chi connectivity index (χ3v) is 4.36. The van der Waals surface area contributed by atoms with E-state index in [1.165, 1.54) is 12.8 Å². The molecule has 0 saturated carbocycles. The van der Waals surface area contributed by atoms with Crippen LogP contribution in [0.25, 0.3) is 11.0 Å². The minimum absolute atomic E-state index is 0.0301.